The number of ether oxygens (including phenoxy) is 2. The van der Waals surface area contributed by atoms with E-state index in [4.69, 9.17) is 15.2 Å². The second-order valence-corrected chi connectivity index (χ2v) is 5.89. The summed E-state index contributed by atoms with van der Waals surface area (Å²) < 4.78 is 12.9. The van der Waals surface area contributed by atoms with E-state index in [1.807, 2.05) is 28.9 Å². The van der Waals surface area contributed by atoms with Crippen molar-refractivity contribution < 1.29 is 9.47 Å². The molecule has 0 unspecified atom stereocenters. The fourth-order valence-electron chi connectivity index (χ4n) is 2.39. The third-order valence-corrected chi connectivity index (χ3v) is 3.54. The fraction of sp³-hybridized carbons (Fsp3) is 0.529. The van der Waals surface area contributed by atoms with Gasteiger partial charge in [-0.2, -0.15) is 0 Å². The zero-order valence-corrected chi connectivity index (χ0v) is 14.2. The summed E-state index contributed by atoms with van der Waals surface area (Å²) in [5, 5.41) is 8.39. The van der Waals surface area contributed by atoms with Gasteiger partial charge in [0.05, 0.1) is 25.1 Å². The lowest BCUT2D eigenvalue weighted by molar-refractivity contribution is 0.308. The highest BCUT2D eigenvalue weighted by Gasteiger charge is 2.12. The Hall–Kier alpha value is -2.08. The second-order valence-electron chi connectivity index (χ2n) is 5.89. The molecule has 126 valence electrons. The number of rotatable bonds is 9. The average molecular weight is 318 g/mol. The summed E-state index contributed by atoms with van der Waals surface area (Å²) in [5.41, 5.74) is 7.77. The van der Waals surface area contributed by atoms with E-state index in [0.717, 1.165) is 42.3 Å². The number of hydrogen-bond donors (Lipinski definition) is 1. The Kier molecular flexibility index (Phi) is 6.40. The number of methoxy groups -OCH3 is 1. The van der Waals surface area contributed by atoms with Gasteiger partial charge in [0.25, 0.3) is 0 Å². The molecule has 0 saturated carbocycles. The van der Waals surface area contributed by atoms with Crippen LogP contribution in [0, 0.1) is 5.92 Å². The summed E-state index contributed by atoms with van der Waals surface area (Å²) in [6.45, 7) is 6.26. The Bertz CT molecular complexity index is 593. The van der Waals surface area contributed by atoms with Crippen molar-refractivity contribution in [2.24, 2.45) is 11.7 Å². The van der Waals surface area contributed by atoms with E-state index in [0.29, 0.717) is 19.1 Å². The van der Waals surface area contributed by atoms with Crippen molar-refractivity contribution >= 4 is 0 Å². The van der Waals surface area contributed by atoms with Crippen molar-refractivity contribution in [2.75, 3.05) is 13.7 Å². The molecule has 0 radical (unpaired) electrons. The quantitative estimate of drug-likeness (QED) is 0.719. The lowest BCUT2D eigenvalue weighted by atomic mass is 10.1. The molecule has 0 spiro atoms. The molecule has 0 amide bonds. The lowest BCUT2D eigenvalue weighted by Crippen LogP contribution is -2.12. The van der Waals surface area contributed by atoms with E-state index in [1.165, 1.54) is 0 Å². The van der Waals surface area contributed by atoms with Crippen LogP contribution in [-0.2, 0) is 19.5 Å². The van der Waals surface area contributed by atoms with Crippen LogP contribution in [0.15, 0.2) is 24.3 Å². The molecule has 0 aliphatic carbocycles. The maximum absolute atomic E-state index is 5.76. The van der Waals surface area contributed by atoms with Gasteiger partial charge in [-0.05, 0) is 43.0 Å². The van der Waals surface area contributed by atoms with E-state index in [2.05, 4.69) is 24.2 Å². The molecule has 1 aromatic heterocycles. The molecule has 0 bridgehead atoms. The predicted octanol–water partition coefficient (Wildman–Crippen LogP) is 2.41. The monoisotopic (exact) mass is 318 g/mol. The Morgan fingerprint density at radius 3 is 2.48 bits per heavy atom. The highest BCUT2D eigenvalue weighted by Crippen LogP contribution is 2.17. The highest BCUT2D eigenvalue weighted by atomic mass is 16.5. The lowest BCUT2D eigenvalue weighted by Gasteiger charge is -2.11. The third-order valence-electron chi connectivity index (χ3n) is 3.54. The van der Waals surface area contributed by atoms with Crippen LogP contribution in [0.25, 0.3) is 0 Å². The molecule has 0 aliphatic heterocycles. The van der Waals surface area contributed by atoms with Gasteiger partial charge in [-0.15, -0.1) is 5.10 Å². The van der Waals surface area contributed by atoms with Gasteiger partial charge in [-0.3, -0.25) is 0 Å². The summed E-state index contributed by atoms with van der Waals surface area (Å²) in [6, 6.07) is 7.61. The molecule has 2 rings (SSSR count). The van der Waals surface area contributed by atoms with Crippen LogP contribution in [0.2, 0.25) is 0 Å². The standard InChI is InChI=1S/C17H26N4O2/c1-13(2)12-21-17(16(11-18)19-20-21)5-4-10-23-15-8-6-14(22-3)7-9-15/h6-9,13H,4-5,10-12,18H2,1-3H3. The number of aromatic nitrogens is 3. The summed E-state index contributed by atoms with van der Waals surface area (Å²) in [5.74, 6) is 2.20. The van der Waals surface area contributed by atoms with Crippen LogP contribution < -0.4 is 15.2 Å². The number of nitrogens with zero attached hydrogens (tertiary/aromatic N) is 3. The topological polar surface area (TPSA) is 75.2 Å². The largest absolute Gasteiger partial charge is 0.497 e. The van der Waals surface area contributed by atoms with Gasteiger partial charge in [-0.1, -0.05) is 19.1 Å². The molecular formula is C17H26N4O2. The molecule has 0 fully saturated rings. The van der Waals surface area contributed by atoms with Gasteiger partial charge in [0, 0.05) is 13.1 Å². The van der Waals surface area contributed by atoms with E-state index < -0.39 is 0 Å². The maximum atomic E-state index is 5.76. The number of nitrogens with two attached hydrogens (primary N) is 1. The van der Waals surface area contributed by atoms with Gasteiger partial charge in [0.1, 0.15) is 11.5 Å². The van der Waals surface area contributed by atoms with Crippen molar-refractivity contribution in [2.45, 2.75) is 39.8 Å². The summed E-state index contributed by atoms with van der Waals surface area (Å²) in [6.07, 6.45) is 1.76. The van der Waals surface area contributed by atoms with Gasteiger partial charge in [0.2, 0.25) is 0 Å². The Morgan fingerprint density at radius 2 is 1.87 bits per heavy atom. The van der Waals surface area contributed by atoms with Crippen molar-refractivity contribution in [1.29, 1.82) is 0 Å². The molecule has 0 saturated heterocycles. The number of benzene rings is 1. The van der Waals surface area contributed by atoms with Crippen LogP contribution in [0.4, 0.5) is 0 Å². The molecule has 2 aromatic rings. The Morgan fingerprint density at radius 1 is 1.17 bits per heavy atom. The van der Waals surface area contributed by atoms with Crippen molar-refractivity contribution in [1.82, 2.24) is 15.0 Å². The zero-order valence-electron chi connectivity index (χ0n) is 14.2. The molecule has 6 heteroatoms. The van der Waals surface area contributed by atoms with Crippen molar-refractivity contribution in [3.8, 4) is 11.5 Å². The summed E-state index contributed by atoms with van der Waals surface area (Å²) in [7, 11) is 1.65. The average Bonchev–Trinajstić information content (AvgIpc) is 2.93. The number of hydrogen-bond acceptors (Lipinski definition) is 5. The fourth-order valence-corrected chi connectivity index (χ4v) is 2.39. The SMILES string of the molecule is COc1ccc(OCCCc2c(CN)nnn2CC(C)C)cc1. The van der Waals surface area contributed by atoms with Crippen molar-refractivity contribution in [3.05, 3.63) is 35.7 Å². The molecule has 0 aliphatic rings. The van der Waals surface area contributed by atoms with E-state index in [-0.39, 0.29) is 0 Å². The summed E-state index contributed by atoms with van der Waals surface area (Å²) >= 11 is 0. The van der Waals surface area contributed by atoms with Crippen LogP contribution in [-0.4, -0.2) is 28.7 Å². The van der Waals surface area contributed by atoms with Crippen LogP contribution >= 0.6 is 0 Å². The van der Waals surface area contributed by atoms with E-state index >= 15 is 0 Å². The van der Waals surface area contributed by atoms with E-state index in [9.17, 15) is 0 Å². The molecule has 1 aromatic carbocycles. The smallest absolute Gasteiger partial charge is 0.119 e. The molecular weight excluding hydrogens is 292 g/mol. The van der Waals surface area contributed by atoms with Crippen molar-refractivity contribution in [3.63, 3.8) is 0 Å². The first-order valence-corrected chi connectivity index (χ1v) is 8.02. The van der Waals surface area contributed by atoms with Gasteiger partial charge < -0.3 is 15.2 Å². The highest BCUT2D eigenvalue weighted by molar-refractivity contribution is 5.31. The van der Waals surface area contributed by atoms with Crippen LogP contribution in [0.5, 0.6) is 11.5 Å². The van der Waals surface area contributed by atoms with E-state index in [1.54, 1.807) is 7.11 Å². The minimum Gasteiger partial charge on any atom is -0.497 e. The van der Waals surface area contributed by atoms with Gasteiger partial charge >= 0.3 is 0 Å². The zero-order chi connectivity index (χ0) is 16.7. The first kappa shape index (κ1) is 17.3. The normalized spacial score (nSPS) is 11.0. The first-order chi connectivity index (χ1) is 11.1. The summed E-state index contributed by atoms with van der Waals surface area (Å²) in [4.78, 5) is 0. The maximum Gasteiger partial charge on any atom is 0.119 e. The minimum absolute atomic E-state index is 0.423. The molecule has 2 N–H and O–H groups in total. The first-order valence-electron chi connectivity index (χ1n) is 8.02. The molecule has 6 nitrogen and oxygen atoms in total. The van der Waals surface area contributed by atoms with Crippen LogP contribution in [0.1, 0.15) is 31.7 Å². The Labute approximate surface area is 137 Å². The Balaban J connectivity index is 1.86. The molecule has 1 heterocycles. The predicted molar refractivity (Wildman–Crippen MR) is 89.6 cm³/mol. The third kappa shape index (κ3) is 4.96. The second kappa shape index (κ2) is 8.53. The van der Waals surface area contributed by atoms with Gasteiger partial charge in [0.15, 0.2) is 0 Å². The van der Waals surface area contributed by atoms with Gasteiger partial charge in [-0.25, -0.2) is 4.68 Å². The minimum atomic E-state index is 0.423. The van der Waals surface area contributed by atoms with Crippen LogP contribution in [0.3, 0.4) is 0 Å². The molecule has 23 heavy (non-hydrogen) atoms. The molecule has 0 atom stereocenters.